The second kappa shape index (κ2) is 5.35. The van der Waals surface area contributed by atoms with Crippen LogP contribution in [0, 0.1) is 0 Å². The average molecular weight is 267 g/mol. The number of imidazole rings is 1. The van der Waals surface area contributed by atoms with E-state index >= 15 is 0 Å². The summed E-state index contributed by atoms with van der Waals surface area (Å²) in [5.74, 6) is 1.81. The molecular formula is C16H17N3O. The van der Waals surface area contributed by atoms with Gasteiger partial charge in [-0.3, -0.25) is 0 Å². The molecule has 3 N–H and O–H groups in total. The minimum Gasteiger partial charge on any atom is -0.497 e. The molecule has 102 valence electrons. The van der Waals surface area contributed by atoms with Crippen LogP contribution in [0.15, 0.2) is 42.5 Å². The largest absolute Gasteiger partial charge is 0.497 e. The lowest BCUT2D eigenvalue weighted by molar-refractivity contribution is 0.414. The molecule has 1 aromatic heterocycles. The number of ether oxygens (including phenoxy) is 1. The highest BCUT2D eigenvalue weighted by atomic mass is 16.5. The lowest BCUT2D eigenvalue weighted by atomic mass is 10.1. The quantitative estimate of drug-likeness (QED) is 0.763. The lowest BCUT2D eigenvalue weighted by Crippen LogP contribution is -1.96. The average Bonchev–Trinajstić information content (AvgIpc) is 2.90. The standard InChI is InChI=1S/C16H17N3O/c1-20-13-7-5-11(6-8-13)9-15-18-14-4-2-3-12(10-17)16(14)19-15/h2-8H,9-10,17H2,1H3,(H,18,19). The molecule has 0 amide bonds. The summed E-state index contributed by atoms with van der Waals surface area (Å²) in [6.07, 6.45) is 0.767. The van der Waals surface area contributed by atoms with Crippen LogP contribution in [0.2, 0.25) is 0 Å². The van der Waals surface area contributed by atoms with E-state index in [9.17, 15) is 0 Å². The van der Waals surface area contributed by atoms with Crippen molar-refractivity contribution in [2.45, 2.75) is 13.0 Å². The van der Waals surface area contributed by atoms with E-state index < -0.39 is 0 Å². The molecule has 0 bridgehead atoms. The van der Waals surface area contributed by atoms with Gasteiger partial charge in [0, 0.05) is 13.0 Å². The number of nitrogens with one attached hydrogen (secondary N) is 1. The third-order valence-electron chi connectivity index (χ3n) is 3.40. The molecule has 0 atom stereocenters. The van der Waals surface area contributed by atoms with Crippen LogP contribution < -0.4 is 10.5 Å². The van der Waals surface area contributed by atoms with Crippen LogP contribution in [0.5, 0.6) is 5.75 Å². The van der Waals surface area contributed by atoms with E-state index in [1.165, 1.54) is 5.56 Å². The smallest absolute Gasteiger partial charge is 0.118 e. The molecule has 0 saturated carbocycles. The maximum Gasteiger partial charge on any atom is 0.118 e. The Kier molecular flexibility index (Phi) is 3.39. The van der Waals surface area contributed by atoms with Crippen molar-refractivity contribution in [3.8, 4) is 5.75 Å². The first-order valence-electron chi connectivity index (χ1n) is 6.59. The van der Waals surface area contributed by atoms with Gasteiger partial charge < -0.3 is 15.5 Å². The van der Waals surface area contributed by atoms with E-state index in [4.69, 9.17) is 10.5 Å². The lowest BCUT2D eigenvalue weighted by Gasteiger charge is -2.01. The SMILES string of the molecule is COc1ccc(Cc2nc3c(CN)cccc3[nH]2)cc1. The first kappa shape index (κ1) is 12.7. The Labute approximate surface area is 117 Å². The zero-order chi connectivity index (χ0) is 13.9. The Morgan fingerprint density at radius 3 is 2.65 bits per heavy atom. The molecule has 20 heavy (non-hydrogen) atoms. The summed E-state index contributed by atoms with van der Waals surface area (Å²) in [7, 11) is 1.67. The molecule has 3 aromatic rings. The summed E-state index contributed by atoms with van der Waals surface area (Å²) in [4.78, 5) is 8.00. The summed E-state index contributed by atoms with van der Waals surface area (Å²) in [5, 5.41) is 0. The van der Waals surface area contributed by atoms with Crippen molar-refractivity contribution in [1.82, 2.24) is 9.97 Å². The van der Waals surface area contributed by atoms with Crippen LogP contribution in [0.25, 0.3) is 11.0 Å². The minimum absolute atomic E-state index is 0.504. The fourth-order valence-corrected chi connectivity index (χ4v) is 2.33. The van der Waals surface area contributed by atoms with Gasteiger partial charge >= 0.3 is 0 Å². The Morgan fingerprint density at radius 1 is 1.15 bits per heavy atom. The predicted molar refractivity (Wildman–Crippen MR) is 79.8 cm³/mol. The highest BCUT2D eigenvalue weighted by Crippen LogP contribution is 2.19. The van der Waals surface area contributed by atoms with Crippen molar-refractivity contribution in [2.75, 3.05) is 7.11 Å². The monoisotopic (exact) mass is 267 g/mol. The second-order valence-corrected chi connectivity index (χ2v) is 4.73. The van der Waals surface area contributed by atoms with Crippen molar-refractivity contribution >= 4 is 11.0 Å². The topological polar surface area (TPSA) is 63.9 Å². The van der Waals surface area contributed by atoms with Crippen LogP contribution in [0.1, 0.15) is 17.0 Å². The number of aromatic amines is 1. The molecule has 3 rings (SSSR count). The molecule has 0 saturated heterocycles. The Balaban J connectivity index is 1.90. The van der Waals surface area contributed by atoms with Crippen molar-refractivity contribution in [2.24, 2.45) is 5.73 Å². The van der Waals surface area contributed by atoms with Gasteiger partial charge in [0.1, 0.15) is 11.6 Å². The van der Waals surface area contributed by atoms with Gasteiger partial charge in [0.05, 0.1) is 18.1 Å². The van der Waals surface area contributed by atoms with Gasteiger partial charge in [0.15, 0.2) is 0 Å². The van der Waals surface area contributed by atoms with Crippen molar-refractivity contribution in [1.29, 1.82) is 0 Å². The molecule has 0 fully saturated rings. The highest BCUT2D eigenvalue weighted by Gasteiger charge is 2.07. The Bertz CT molecular complexity index is 716. The first-order valence-corrected chi connectivity index (χ1v) is 6.59. The number of nitrogens with zero attached hydrogens (tertiary/aromatic N) is 1. The molecule has 0 aliphatic carbocycles. The molecule has 1 heterocycles. The first-order chi connectivity index (χ1) is 9.80. The van der Waals surface area contributed by atoms with Crippen LogP contribution in [0.4, 0.5) is 0 Å². The van der Waals surface area contributed by atoms with Gasteiger partial charge in [-0.15, -0.1) is 0 Å². The number of fused-ring (bicyclic) bond motifs is 1. The number of benzene rings is 2. The van der Waals surface area contributed by atoms with E-state index in [0.717, 1.165) is 34.6 Å². The fraction of sp³-hybridized carbons (Fsp3) is 0.188. The zero-order valence-corrected chi connectivity index (χ0v) is 11.4. The van der Waals surface area contributed by atoms with Gasteiger partial charge in [-0.1, -0.05) is 24.3 Å². The summed E-state index contributed by atoms with van der Waals surface area (Å²) < 4.78 is 5.16. The van der Waals surface area contributed by atoms with Gasteiger partial charge in [-0.05, 0) is 29.3 Å². The van der Waals surface area contributed by atoms with E-state index in [2.05, 4.69) is 22.1 Å². The molecule has 0 unspecified atom stereocenters. The number of hydrogen-bond donors (Lipinski definition) is 2. The van der Waals surface area contributed by atoms with E-state index in [1.807, 2.05) is 30.3 Å². The van der Waals surface area contributed by atoms with Crippen LogP contribution in [-0.2, 0) is 13.0 Å². The summed E-state index contributed by atoms with van der Waals surface area (Å²) >= 11 is 0. The molecule has 0 aliphatic rings. The molecule has 2 aromatic carbocycles. The summed E-state index contributed by atoms with van der Waals surface area (Å²) in [6, 6.07) is 14.1. The maximum atomic E-state index is 5.74. The van der Waals surface area contributed by atoms with Gasteiger partial charge in [0.2, 0.25) is 0 Å². The third kappa shape index (κ3) is 2.38. The number of rotatable bonds is 4. The fourth-order valence-electron chi connectivity index (χ4n) is 2.33. The number of aromatic nitrogens is 2. The molecule has 0 spiro atoms. The van der Waals surface area contributed by atoms with Crippen molar-refractivity contribution in [3.05, 3.63) is 59.4 Å². The normalized spacial score (nSPS) is 10.9. The summed E-state index contributed by atoms with van der Waals surface area (Å²) in [5.41, 5.74) is 10.0. The highest BCUT2D eigenvalue weighted by molar-refractivity contribution is 5.78. The third-order valence-corrected chi connectivity index (χ3v) is 3.40. The molecule has 0 aliphatic heterocycles. The molecule has 4 heteroatoms. The number of hydrogen-bond acceptors (Lipinski definition) is 3. The number of para-hydroxylation sites is 1. The number of nitrogens with two attached hydrogens (primary N) is 1. The number of methoxy groups -OCH3 is 1. The molecular weight excluding hydrogens is 250 g/mol. The van der Waals surface area contributed by atoms with Crippen LogP contribution in [0.3, 0.4) is 0 Å². The van der Waals surface area contributed by atoms with Crippen LogP contribution in [-0.4, -0.2) is 17.1 Å². The van der Waals surface area contributed by atoms with Crippen molar-refractivity contribution in [3.63, 3.8) is 0 Å². The van der Waals surface area contributed by atoms with Gasteiger partial charge in [-0.2, -0.15) is 0 Å². The van der Waals surface area contributed by atoms with Gasteiger partial charge in [0.25, 0.3) is 0 Å². The molecule has 0 radical (unpaired) electrons. The zero-order valence-electron chi connectivity index (χ0n) is 11.4. The van der Waals surface area contributed by atoms with Crippen LogP contribution >= 0.6 is 0 Å². The molecule has 4 nitrogen and oxygen atoms in total. The number of H-pyrrole nitrogens is 1. The predicted octanol–water partition coefficient (Wildman–Crippen LogP) is 2.62. The van der Waals surface area contributed by atoms with E-state index in [-0.39, 0.29) is 0 Å². The van der Waals surface area contributed by atoms with E-state index in [0.29, 0.717) is 6.54 Å². The van der Waals surface area contributed by atoms with E-state index in [1.54, 1.807) is 7.11 Å². The van der Waals surface area contributed by atoms with Crippen molar-refractivity contribution < 1.29 is 4.74 Å². The van der Waals surface area contributed by atoms with Gasteiger partial charge in [-0.25, -0.2) is 4.98 Å². The Hall–Kier alpha value is -2.33. The Morgan fingerprint density at radius 2 is 1.95 bits per heavy atom. The second-order valence-electron chi connectivity index (χ2n) is 4.73. The maximum absolute atomic E-state index is 5.74. The summed E-state index contributed by atoms with van der Waals surface area (Å²) in [6.45, 7) is 0.504. The minimum atomic E-state index is 0.504.